The summed E-state index contributed by atoms with van der Waals surface area (Å²) in [5.74, 6) is -0.0311. The molecule has 1 rings (SSSR count). The second kappa shape index (κ2) is 6.75. The van der Waals surface area contributed by atoms with Gasteiger partial charge >= 0.3 is 0 Å². The first-order valence-corrected chi connectivity index (χ1v) is 6.75. The first-order valence-electron chi connectivity index (χ1n) is 6.75. The van der Waals surface area contributed by atoms with E-state index in [1.807, 2.05) is 6.92 Å². The third-order valence-electron chi connectivity index (χ3n) is 3.97. The van der Waals surface area contributed by atoms with Crippen LogP contribution in [0.1, 0.15) is 45.4 Å². The van der Waals surface area contributed by atoms with Gasteiger partial charge in [-0.1, -0.05) is 25.7 Å². The monoisotopic (exact) mass is 252 g/mol. The molecule has 0 aliphatic heterocycles. The Labute approximate surface area is 110 Å². The van der Waals surface area contributed by atoms with Gasteiger partial charge in [0.25, 0.3) is 0 Å². The molecule has 0 aromatic carbocycles. The third-order valence-corrected chi connectivity index (χ3v) is 3.97. The number of hydrogen-bond acceptors (Lipinski definition) is 3. The van der Waals surface area contributed by atoms with Crippen LogP contribution in [0.15, 0.2) is 0 Å². The third kappa shape index (κ3) is 3.23. The predicted octanol–water partition coefficient (Wildman–Crippen LogP) is 2.34. The Morgan fingerprint density at radius 2 is 1.94 bits per heavy atom. The van der Waals surface area contributed by atoms with E-state index in [0.29, 0.717) is 19.4 Å². The van der Waals surface area contributed by atoms with E-state index in [1.54, 1.807) is 19.1 Å². The molecule has 1 atom stereocenters. The molecular formula is C14H24N2O2. The van der Waals surface area contributed by atoms with E-state index in [-0.39, 0.29) is 11.9 Å². The summed E-state index contributed by atoms with van der Waals surface area (Å²) in [6.07, 6.45) is 5.62. The number of rotatable bonds is 4. The van der Waals surface area contributed by atoms with Crippen molar-refractivity contribution in [2.75, 3.05) is 20.8 Å². The lowest BCUT2D eigenvalue weighted by Crippen LogP contribution is -2.46. The van der Waals surface area contributed by atoms with Gasteiger partial charge < -0.3 is 9.64 Å². The highest BCUT2D eigenvalue weighted by molar-refractivity contribution is 5.85. The number of amides is 1. The zero-order valence-corrected chi connectivity index (χ0v) is 11.7. The standard InChI is InChI=1S/C14H24N2O2/c1-12(10-18-3)16(2)13(17)14(11-15)8-6-4-5-7-9-14/h12H,4-10H2,1-3H3. The SMILES string of the molecule is COCC(C)N(C)C(=O)C1(C#N)CCCCCC1. The second-order valence-corrected chi connectivity index (χ2v) is 5.33. The van der Waals surface area contributed by atoms with Crippen LogP contribution < -0.4 is 0 Å². The van der Waals surface area contributed by atoms with Gasteiger partial charge in [0.1, 0.15) is 5.41 Å². The Morgan fingerprint density at radius 1 is 1.39 bits per heavy atom. The molecule has 0 radical (unpaired) electrons. The van der Waals surface area contributed by atoms with Gasteiger partial charge in [-0.25, -0.2) is 0 Å². The quantitative estimate of drug-likeness (QED) is 0.722. The van der Waals surface area contributed by atoms with Crippen molar-refractivity contribution in [3.63, 3.8) is 0 Å². The normalized spacial score (nSPS) is 20.6. The van der Waals surface area contributed by atoms with Crippen molar-refractivity contribution in [2.24, 2.45) is 5.41 Å². The van der Waals surface area contributed by atoms with Crippen molar-refractivity contribution in [3.05, 3.63) is 0 Å². The maximum atomic E-state index is 12.6. The van der Waals surface area contributed by atoms with Crippen LogP contribution in [-0.2, 0) is 9.53 Å². The van der Waals surface area contributed by atoms with Crippen molar-refractivity contribution in [3.8, 4) is 6.07 Å². The fourth-order valence-corrected chi connectivity index (χ4v) is 2.60. The minimum Gasteiger partial charge on any atom is -0.383 e. The van der Waals surface area contributed by atoms with E-state index in [0.717, 1.165) is 25.7 Å². The minimum absolute atomic E-state index is 0.0102. The number of carbonyl (C=O) groups excluding carboxylic acids is 1. The van der Waals surface area contributed by atoms with Crippen LogP contribution in [0.2, 0.25) is 0 Å². The van der Waals surface area contributed by atoms with E-state index in [2.05, 4.69) is 6.07 Å². The second-order valence-electron chi connectivity index (χ2n) is 5.33. The van der Waals surface area contributed by atoms with Crippen molar-refractivity contribution >= 4 is 5.91 Å². The highest BCUT2D eigenvalue weighted by Crippen LogP contribution is 2.36. The number of likely N-dealkylation sites (N-methyl/N-ethyl adjacent to an activating group) is 1. The van der Waals surface area contributed by atoms with Crippen LogP contribution in [0.5, 0.6) is 0 Å². The fraction of sp³-hybridized carbons (Fsp3) is 0.857. The van der Waals surface area contributed by atoms with Gasteiger partial charge in [-0.2, -0.15) is 5.26 Å². The number of nitrogens with zero attached hydrogens (tertiary/aromatic N) is 2. The van der Waals surface area contributed by atoms with Gasteiger partial charge in [-0.15, -0.1) is 0 Å². The average Bonchev–Trinajstić information content (AvgIpc) is 2.63. The summed E-state index contributed by atoms with van der Waals surface area (Å²) in [6.45, 7) is 2.45. The topological polar surface area (TPSA) is 53.3 Å². The summed E-state index contributed by atoms with van der Waals surface area (Å²) >= 11 is 0. The first kappa shape index (κ1) is 15.0. The van der Waals surface area contributed by atoms with Crippen LogP contribution in [0.25, 0.3) is 0 Å². The Hall–Kier alpha value is -1.08. The maximum absolute atomic E-state index is 12.6. The zero-order valence-electron chi connectivity index (χ0n) is 11.7. The molecule has 0 aromatic heterocycles. The van der Waals surface area contributed by atoms with Crippen LogP contribution in [0.3, 0.4) is 0 Å². The number of carbonyl (C=O) groups is 1. The van der Waals surface area contributed by atoms with E-state index in [4.69, 9.17) is 4.74 Å². The fourth-order valence-electron chi connectivity index (χ4n) is 2.60. The number of ether oxygens (including phenoxy) is 1. The van der Waals surface area contributed by atoms with Gasteiger partial charge in [-0.3, -0.25) is 4.79 Å². The average molecular weight is 252 g/mol. The van der Waals surface area contributed by atoms with Crippen molar-refractivity contribution < 1.29 is 9.53 Å². The summed E-state index contributed by atoms with van der Waals surface area (Å²) in [5.41, 5.74) is -0.798. The maximum Gasteiger partial charge on any atom is 0.243 e. The molecule has 1 unspecified atom stereocenters. The van der Waals surface area contributed by atoms with E-state index >= 15 is 0 Å². The molecule has 0 bridgehead atoms. The van der Waals surface area contributed by atoms with Crippen LogP contribution in [0, 0.1) is 16.7 Å². The molecule has 0 spiro atoms. The Morgan fingerprint density at radius 3 is 2.39 bits per heavy atom. The number of methoxy groups -OCH3 is 1. The summed E-state index contributed by atoms with van der Waals surface area (Å²) in [7, 11) is 3.40. The molecule has 0 aromatic rings. The minimum atomic E-state index is -0.798. The van der Waals surface area contributed by atoms with Crippen molar-refractivity contribution in [1.82, 2.24) is 4.90 Å². The molecule has 18 heavy (non-hydrogen) atoms. The van der Waals surface area contributed by atoms with Crippen molar-refractivity contribution in [1.29, 1.82) is 5.26 Å². The lowest BCUT2D eigenvalue weighted by molar-refractivity contribution is -0.141. The molecule has 102 valence electrons. The van der Waals surface area contributed by atoms with Crippen LogP contribution in [0.4, 0.5) is 0 Å². The largest absolute Gasteiger partial charge is 0.383 e. The molecule has 1 aliphatic carbocycles. The lowest BCUT2D eigenvalue weighted by atomic mass is 9.80. The van der Waals surface area contributed by atoms with Gasteiger partial charge in [0.05, 0.1) is 18.7 Å². The molecule has 0 N–H and O–H groups in total. The van der Waals surface area contributed by atoms with E-state index in [9.17, 15) is 10.1 Å². The Bertz CT molecular complexity index is 314. The first-order chi connectivity index (χ1) is 8.57. The van der Waals surface area contributed by atoms with Gasteiger partial charge in [0.2, 0.25) is 5.91 Å². The Balaban J connectivity index is 2.80. The predicted molar refractivity (Wildman–Crippen MR) is 69.9 cm³/mol. The van der Waals surface area contributed by atoms with E-state index in [1.165, 1.54) is 0 Å². The molecule has 4 heteroatoms. The van der Waals surface area contributed by atoms with Gasteiger partial charge in [0, 0.05) is 14.2 Å². The molecule has 1 fully saturated rings. The molecule has 4 nitrogen and oxygen atoms in total. The molecule has 0 saturated heterocycles. The molecule has 1 aliphatic rings. The number of hydrogen-bond donors (Lipinski definition) is 0. The molecular weight excluding hydrogens is 228 g/mol. The van der Waals surface area contributed by atoms with E-state index < -0.39 is 5.41 Å². The van der Waals surface area contributed by atoms with Crippen molar-refractivity contribution in [2.45, 2.75) is 51.5 Å². The number of nitriles is 1. The summed E-state index contributed by atoms with van der Waals surface area (Å²) in [6, 6.07) is 2.31. The van der Waals surface area contributed by atoms with Gasteiger partial charge in [0.15, 0.2) is 0 Å². The highest BCUT2D eigenvalue weighted by Gasteiger charge is 2.41. The smallest absolute Gasteiger partial charge is 0.243 e. The summed E-state index contributed by atoms with van der Waals surface area (Å²) < 4.78 is 5.08. The lowest BCUT2D eigenvalue weighted by Gasteiger charge is -2.32. The Kier molecular flexibility index (Phi) is 5.61. The van der Waals surface area contributed by atoms with Crippen LogP contribution in [-0.4, -0.2) is 37.6 Å². The van der Waals surface area contributed by atoms with Gasteiger partial charge in [-0.05, 0) is 19.8 Å². The summed E-state index contributed by atoms with van der Waals surface area (Å²) in [4.78, 5) is 14.2. The molecule has 1 amide bonds. The van der Waals surface area contributed by atoms with Crippen LogP contribution >= 0.6 is 0 Å². The molecule has 1 saturated carbocycles. The summed E-state index contributed by atoms with van der Waals surface area (Å²) in [5, 5.41) is 9.47. The zero-order chi connectivity index (χ0) is 13.6. The highest BCUT2D eigenvalue weighted by atomic mass is 16.5. The molecule has 0 heterocycles.